The molecule has 0 bridgehead atoms. The van der Waals surface area contributed by atoms with Crippen LogP contribution in [0.1, 0.15) is 17.0 Å². The highest BCUT2D eigenvalue weighted by Crippen LogP contribution is 2.26. The van der Waals surface area contributed by atoms with Crippen molar-refractivity contribution in [3.63, 3.8) is 0 Å². The van der Waals surface area contributed by atoms with E-state index in [1.165, 1.54) is 6.07 Å². The Morgan fingerprint density at radius 1 is 1.29 bits per heavy atom. The van der Waals surface area contributed by atoms with Crippen LogP contribution in [-0.2, 0) is 16.6 Å². The molecule has 1 heterocycles. The molecule has 0 unspecified atom stereocenters. The van der Waals surface area contributed by atoms with Gasteiger partial charge >= 0.3 is 0 Å². The van der Waals surface area contributed by atoms with E-state index in [4.69, 9.17) is 5.73 Å². The molecular weight excluding hydrogens is 354 g/mol. The second-order valence-electron chi connectivity index (χ2n) is 4.71. The maximum Gasteiger partial charge on any atom is 0.241 e. The quantitative estimate of drug-likeness (QED) is 0.810. The van der Waals surface area contributed by atoms with Gasteiger partial charge in [-0.25, -0.2) is 13.1 Å². The summed E-state index contributed by atoms with van der Waals surface area (Å²) in [5.41, 5.74) is 8.28. The zero-order valence-corrected chi connectivity index (χ0v) is 14.1. The molecule has 2 aromatic rings. The molecular formula is C14H16BrN3O2S. The Kier molecular flexibility index (Phi) is 4.65. The molecule has 1 aromatic carbocycles. The first kappa shape index (κ1) is 15.9. The number of hydrogen-bond donors (Lipinski definition) is 2. The molecule has 0 saturated carbocycles. The fraction of sp³-hybridized carbons (Fsp3) is 0.214. The summed E-state index contributed by atoms with van der Waals surface area (Å²) in [6, 6.07) is 8.69. The second-order valence-corrected chi connectivity index (χ2v) is 7.36. The van der Waals surface area contributed by atoms with Crippen molar-refractivity contribution in [1.29, 1.82) is 0 Å². The second kappa shape index (κ2) is 6.13. The van der Waals surface area contributed by atoms with Gasteiger partial charge in [0.25, 0.3) is 0 Å². The summed E-state index contributed by atoms with van der Waals surface area (Å²) in [6.45, 7) is 3.67. The molecule has 0 radical (unpaired) electrons. The average Bonchev–Trinajstić information content (AvgIpc) is 2.41. The number of nitrogen functional groups attached to an aromatic ring is 1. The predicted octanol–water partition coefficient (Wildman–Crippen LogP) is 2.52. The molecule has 0 aliphatic rings. The summed E-state index contributed by atoms with van der Waals surface area (Å²) in [7, 11) is -3.65. The number of benzene rings is 1. The van der Waals surface area contributed by atoms with Crippen LogP contribution >= 0.6 is 15.9 Å². The van der Waals surface area contributed by atoms with Crippen LogP contribution in [0, 0.1) is 13.8 Å². The summed E-state index contributed by atoms with van der Waals surface area (Å²) in [5.74, 6) is 0. The van der Waals surface area contributed by atoms with Gasteiger partial charge in [-0.2, -0.15) is 0 Å². The van der Waals surface area contributed by atoms with Crippen LogP contribution in [-0.4, -0.2) is 13.4 Å². The number of pyridine rings is 1. The molecule has 2 rings (SSSR count). The van der Waals surface area contributed by atoms with Gasteiger partial charge in [-0.1, -0.05) is 22.0 Å². The monoisotopic (exact) mass is 369 g/mol. The van der Waals surface area contributed by atoms with Crippen LogP contribution in [0.4, 0.5) is 5.69 Å². The topological polar surface area (TPSA) is 85.1 Å². The molecule has 5 nitrogen and oxygen atoms in total. The number of nitrogens with zero attached hydrogens (tertiary/aromatic N) is 1. The average molecular weight is 370 g/mol. The number of rotatable bonds is 4. The number of aromatic nitrogens is 1. The molecule has 0 amide bonds. The lowest BCUT2D eigenvalue weighted by atomic mass is 10.2. The summed E-state index contributed by atoms with van der Waals surface area (Å²) >= 11 is 3.26. The lowest BCUT2D eigenvalue weighted by Crippen LogP contribution is -2.24. The fourth-order valence-electron chi connectivity index (χ4n) is 1.90. The summed E-state index contributed by atoms with van der Waals surface area (Å²) in [6.07, 6.45) is 0. The molecule has 112 valence electrons. The van der Waals surface area contributed by atoms with E-state index in [1.807, 2.05) is 19.1 Å². The number of nitrogens with two attached hydrogens (primary N) is 1. The predicted molar refractivity (Wildman–Crippen MR) is 86.3 cm³/mol. The number of hydrogen-bond acceptors (Lipinski definition) is 4. The summed E-state index contributed by atoms with van der Waals surface area (Å²) in [5, 5.41) is 0. The third-order valence-electron chi connectivity index (χ3n) is 3.04. The molecule has 3 N–H and O–H groups in total. The van der Waals surface area contributed by atoms with E-state index < -0.39 is 10.0 Å². The van der Waals surface area contributed by atoms with Crippen LogP contribution in [0.15, 0.2) is 39.7 Å². The minimum atomic E-state index is -3.65. The van der Waals surface area contributed by atoms with E-state index in [2.05, 4.69) is 25.6 Å². The van der Waals surface area contributed by atoms with Crippen molar-refractivity contribution >= 4 is 31.6 Å². The number of aryl methyl sites for hydroxylation is 1. The normalized spacial score (nSPS) is 11.6. The van der Waals surface area contributed by atoms with E-state index in [-0.39, 0.29) is 11.4 Å². The molecule has 21 heavy (non-hydrogen) atoms. The van der Waals surface area contributed by atoms with E-state index in [9.17, 15) is 8.42 Å². The fourth-order valence-corrected chi connectivity index (χ4v) is 3.82. The van der Waals surface area contributed by atoms with Gasteiger partial charge in [0, 0.05) is 15.9 Å². The molecule has 7 heteroatoms. The van der Waals surface area contributed by atoms with Crippen molar-refractivity contribution in [1.82, 2.24) is 9.71 Å². The summed E-state index contributed by atoms with van der Waals surface area (Å²) in [4.78, 5) is 4.44. The van der Waals surface area contributed by atoms with E-state index in [0.717, 1.165) is 5.69 Å². The first-order chi connectivity index (χ1) is 9.79. The van der Waals surface area contributed by atoms with Gasteiger partial charge in [0.15, 0.2) is 0 Å². The van der Waals surface area contributed by atoms with Crippen LogP contribution in [0.5, 0.6) is 0 Å². The zero-order valence-electron chi connectivity index (χ0n) is 11.7. The molecule has 0 fully saturated rings. The van der Waals surface area contributed by atoms with Crippen molar-refractivity contribution < 1.29 is 8.42 Å². The molecule has 0 aliphatic carbocycles. The number of halogens is 1. The molecule has 0 spiro atoms. The van der Waals surface area contributed by atoms with Crippen molar-refractivity contribution in [2.45, 2.75) is 25.3 Å². The van der Waals surface area contributed by atoms with Crippen molar-refractivity contribution in [3.8, 4) is 0 Å². The van der Waals surface area contributed by atoms with Gasteiger partial charge in [-0.3, -0.25) is 4.98 Å². The Morgan fingerprint density at radius 3 is 2.67 bits per heavy atom. The Morgan fingerprint density at radius 2 is 2.00 bits per heavy atom. The minimum Gasteiger partial charge on any atom is -0.398 e. The molecule has 0 saturated heterocycles. The maximum atomic E-state index is 12.4. The van der Waals surface area contributed by atoms with Gasteiger partial charge in [-0.05, 0) is 43.7 Å². The van der Waals surface area contributed by atoms with Crippen molar-refractivity contribution in [3.05, 3.63) is 51.8 Å². The molecule has 1 aromatic heterocycles. The van der Waals surface area contributed by atoms with Gasteiger partial charge in [0.2, 0.25) is 10.0 Å². The minimum absolute atomic E-state index is 0.135. The van der Waals surface area contributed by atoms with Gasteiger partial charge in [-0.15, -0.1) is 0 Å². The summed E-state index contributed by atoms with van der Waals surface area (Å²) < 4.78 is 28.0. The largest absolute Gasteiger partial charge is 0.398 e. The first-order valence-corrected chi connectivity index (χ1v) is 8.55. The number of sulfonamides is 1. The Bertz CT molecular complexity index is 776. The number of nitrogens with one attached hydrogen (secondary N) is 1. The lowest BCUT2D eigenvalue weighted by molar-refractivity contribution is 0.579. The molecule has 0 atom stereocenters. The van der Waals surface area contributed by atoms with Crippen LogP contribution in [0.2, 0.25) is 0 Å². The Labute approximate surface area is 132 Å². The SMILES string of the molecule is Cc1cccc(CNS(=O)(=O)c2cc(Br)cc(N)c2C)n1. The standard InChI is InChI=1S/C14H16BrN3O2S/c1-9-4-3-5-12(18-9)8-17-21(19,20)14-7-11(15)6-13(16)10(14)2/h3-7,17H,8,16H2,1-2H3. The first-order valence-electron chi connectivity index (χ1n) is 6.27. The maximum absolute atomic E-state index is 12.4. The zero-order chi connectivity index (χ0) is 15.6. The van der Waals surface area contributed by atoms with Crippen molar-refractivity contribution in [2.75, 3.05) is 5.73 Å². The highest BCUT2D eigenvalue weighted by Gasteiger charge is 2.19. The van der Waals surface area contributed by atoms with Crippen LogP contribution in [0.25, 0.3) is 0 Å². The third kappa shape index (κ3) is 3.81. The Hall–Kier alpha value is -1.44. The smallest absolute Gasteiger partial charge is 0.241 e. The van der Waals surface area contributed by atoms with Crippen LogP contribution < -0.4 is 10.5 Å². The van der Waals surface area contributed by atoms with E-state index in [1.54, 1.807) is 19.1 Å². The van der Waals surface area contributed by atoms with Crippen molar-refractivity contribution in [2.24, 2.45) is 0 Å². The van der Waals surface area contributed by atoms with Gasteiger partial charge in [0.05, 0.1) is 17.1 Å². The third-order valence-corrected chi connectivity index (χ3v) is 5.03. The highest BCUT2D eigenvalue weighted by molar-refractivity contribution is 9.10. The highest BCUT2D eigenvalue weighted by atomic mass is 79.9. The van der Waals surface area contributed by atoms with E-state index in [0.29, 0.717) is 21.4 Å². The van der Waals surface area contributed by atoms with E-state index >= 15 is 0 Å². The molecule has 0 aliphatic heterocycles. The Balaban J connectivity index is 2.27. The van der Waals surface area contributed by atoms with Crippen LogP contribution in [0.3, 0.4) is 0 Å². The lowest BCUT2D eigenvalue weighted by Gasteiger charge is -2.11. The van der Waals surface area contributed by atoms with Gasteiger partial charge in [0.1, 0.15) is 0 Å². The number of anilines is 1. The van der Waals surface area contributed by atoms with Gasteiger partial charge < -0.3 is 5.73 Å².